The fourth-order valence-electron chi connectivity index (χ4n) is 5.24. The first-order chi connectivity index (χ1) is 19.4. The van der Waals surface area contributed by atoms with Crippen molar-refractivity contribution in [2.75, 3.05) is 18.1 Å². The minimum atomic E-state index is -0.883. The summed E-state index contributed by atoms with van der Waals surface area (Å²) < 4.78 is 17.8. The summed E-state index contributed by atoms with van der Waals surface area (Å²) in [5.74, 6) is 0.373. The second-order valence-electron chi connectivity index (χ2n) is 9.69. The second kappa shape index (κ2) is 10.3. The number of aliphatic hydroxyl groups is 1. The van der Waals surface area contributed by atoms with Crippen LogP contribution >= 0.6 is 11.3 Å². The molecule has 3 aromatic carbocycles. The zero-order valence-corrected chi connectivity index (χ0v) is 23.2. The molecule has 6 rings (SSSR count). The number of amides is 1. The van der Waals surface area contributed by atoms with Gasteiger partial charge in [0.2, 0.25) is 0 Å². The minimum absolute atomic E-state index is 0.00957. The maximum Gasteiger partial charge on any atom is 0.301 e. The predicted octanol–water partition coefficient (Wildman–Crippen LogP) is 6.04. The molecule has 0 bridgehead atoms. The lowest BCUT2D eigenvalue weighted by atomic mass is 9.94. The van der Waals surface area contributed by atoms with Crippen LogP contribution in [0.25, 0.3) is 16.0 Å². The van der Waals surface area contributed by atoms with E-state index in [1.54, 1.807) is 36.4 Å². The fraction of sp³-hybridized carbons (Fsp3) is 0.258. The molecular weight excluding hydrogens is 528 g/mol. The lowest BCUT2D eigenvalue weighted by Gasteiger charge is -2.23. The van der Waals surface area contributed by atoms with Gasteiger partial charge in [0.15, 0.2) is 5.13 Å². The average Bonchev–Trinajstić information content (AvgIpc) is 3.61. The molecule has 2 aliphatic heterocycles. The molecule has 204 valence electrons. The molecule has 9 heteroatoms. The molecule has 2 aliphatic rings. The van der Waals surface area contributed by atoms with E-state index in [1.165, 1.54) is 16.2 Å². The zero-order valence-electron chi connectivity index (χ0n) is 22.3. The molecule has 0 aliphatic carbocycles. The first kappa shape index (κ1) is 25.9. The van der Waals surface area contributed by atoms with Crippen molar-refractivity contribution in [1.29, 1.82) is 0 Å². The first-order valence-electron chi connectivity index (χ1n) is 13.2. The van der Waals surface area contributed by atoms with Crippen LogP contribution in [0.1, 0.15) is 43.5 Å². The Morgan fingerprint density at radius 2 is 1.75 bits per heavy atom. The molecule has 0 spiro atoms. The number of aromatic nitrogens is 1. The summed E-state index contributed by atoms with van der Waals surface area (Å²) in [5.41, 5.74) is 2.74. The van der Waals surface area contributed by atoms with Crippen molar-refractivity contribution in [3.63, 3.8) is 0 Å². The third-order valence-corrected chi connectivity index (χ3v) is 8.00. The Balaban J connectivity index is 1.49. The van der Waals surface area contributed by atoms with Crippen LogP contribution in [0, 0.1) is 0 Å². The summed E-state index contributed by atoms with van der Waals surface area (Å²) in [7, 11) is 0. The van der Waals surface area contributed by atoms with Gasteiger partial charge >= 0.3 is 5.91 Å². The van der Waals surface area contributed by atoms with Gasteiger partial charge in [0.1, 0.15) is 29.1 Å². The van der Waals surface area contributed by atoms with Gasteiger partial charge in [0.25, 0.3) is 5.78 Å². The van der Waals surface area contributed by atoms with Gasteiger partial charge in [0.05, 0.1) is 35.0 Å². The molecule has 8 nitrogen and oxygen atoms in total. The molecule has 1 aromatic heterocycles. The SMILES string of the molecule is CCOc1ccc([C@@H]2C(=C(O)c3ccc4c(c3)C[C@H](C)O4)C(=O)C(=O)N2c2nc3ccc(OCC)cc3s2)cc1. The number of fused-ring (bicyclic) bond motifs is 2. The highest BCUT2D eigenvalue weighted by Crippen LogP contribution is 2.45. The minimum Gasteiger partial charge on any atom is -0.507 e. The van der Waals surface area contributed by atoms with Gasteiger partial charge in [-0.15, -0.1) is 0 Å². The number of nitrogens with zero attached hydrogens (tertiary/aromatic N) is 2. The molecule has 40 heavy (non-hydrogen) atoms. The van der Waals surface area contributed by atoms with E-state index >= 15 is 0 Å². The predicted molar refractivity (Wildman–Crippen MR) is 153 cm³/mol. The van der Waals surface area contributed by atoms with Gasteiger partial charge in [-0.2, -0.15) is 0 Å². The monoisotopic (exact) mass is 556 g/mol. The molecule has 2 atom stereocenters. The van der Waals surface area contributed by atoms with E-state index in [-0.39, 0.29) is 17.4 Å². The van der Waals surface area contributed by atoms with Gasteiger partial charge in [-0.3, -0.25) is 14.5 Å². The van der Waals surface area contributed by atoms with Gasteiger partial charge < -0.3 is 19.3 Å². The number of aliphatic hydroxyl groups excluding tert-OH is 1. The number of ether oxygens (including phenoxy) is 3. The van der Waals surface area contributed by atoms with Crippen LogP contribution < -0.4 is 19.1 Å². The molecular formula is C31H28N2O6S. The van der Waals surface area contributed by atoms with Crippen LogP contribution in [-0.4, -0.2) is 41.1 Å². The third-order valence-electron chi connectivity index (χ3n) is 6.99. The normalized spacial score (nSPS) is 19.6. The summed E-state index contributed by atoms with van der Waals surface area (Å²) in [5, 5.41) is 11.9. The maximum atomic E-state index is 13.6. The summed E-state index contributed by atoms with van der Waals surface area (Å²) in [6.45, 7) is 6.82. The van der Waals surface area contributed by atoms with Crippen LogP contribution in [0.4, 0.5) is 5.13 Å². The molecule has 1 fully saturated rings. The molecule has 4 aromatic rings. The van der Waals surface area contributed by atoms with E-state index in [1.807, 2.05) is 45.0 Å². The van der Waals surface area contributed by atoms with Crippen LogP contribution in [0.2, 0.25) is 0 Å². The largest absolute Gasteiger partial charge is 0.507 e. The first-order valence-corrected chi connectivity index (χ1v) is 14.1. The Labute approximate surface area is 235 Å². The number of benzene rings is 3. The van der Waals surface area contributed by atoms with E-state index in [4.69, 9.17) is 19.2 Å². The van der Waals surface area contributed by atoms with Crippen LogP contribution in [0.3, 0.4) is 0 Å². The van der Waals surface area contributed by atoms with Crippen molar-refractivity contribution in [3.8, 4) is 17.2 Å². The summed E-state index contributed by atoms with van der Waals surface area (Å²) >= 11 is 1.29. The molecule has 3 heterocycles. The molecule has 1 saturated heterocycles. The smallest absolute Gasteiger partial charge is 0.301 e. The Hall–Kier alpha value is -4.37. The van der Waals surface area contributed by atoms with Crippen molar-refractivity contribution in [3.05, 3.63) is 82.9 Å². The third kappa shape index (κ3) is 4.46. The van der Waals surface area contributed by atoms with Gasteiger partial charge in [-0.25, -0.2) is 4.98 Å². The molecule has 1 amide bonds. The highest BCUT2D eigenvalue weighted by Gasteiger charge is 2.48. The number of hydrogen-bond donors (Lipinski definition) is 1. The lowest BCUT2D eigenvalue weighted by Crippen LogP contribution is -2.29. The van der Waals surface area contributed by atoms with E-state index in [9.17, 15) is 14.7 Å². The maximum absolute atomic E-state index is 13.6. The quantitative estimate of drug-likeness (QED) is 0.168. The lowest BCUT2D eigenvalue weighted by molar-refractivity contribution is -0.132. The number of carbonyl (C=O) groups is 2. The number of anilines is 1. The van der Waals surface area contributed by atoms with Gasteiger partial charge in [-0.1, -0.05) is 23.5 Å². The van der Waals surface area contributed by atoms with Crippen molar-refractivity contribution in [2.45, 2.75) is 39.3 Å². The standard InChI is InChI=1S/C31H28N2O6S/c1-4-37-21-9-6-18(7-10-21)27-26(28(34)19-8-13-24-20(15-19)14-17(3)39-24)29(35)30(36)33(27)31-32-23-12-11-22(38-5-2)16-25(23)40-31/h6-13,15-17,27,34H,4-5,14H2,1-3H3/t17-,27+/m0/s1. The van der Waals surface area contributed by atoms with E-state index in [2.05, 4.69) is 0 Å². The number of Topliss-reactive ketones (excluding diaryl/α,β-unsaturated/α-hetero) is 1. The zero-order chi connectivity index (χ0) is 28.0. The topological polar surface area (TPSA) is 98.2 Å². The van der Waals surface area contributed by atoms with Crippen molar-refractivity contribution in [2.24, 2.45) is 0 Å². The van der Waals surface area contributed by atoms with Crippen LogP contribution in [-0.2, 0) is 16.0 Å². The highest BCUT2D eigenvalue weighted by molar-refractivity contribution is 7.22. The summed E-state index contributed by atoms with van der Waals surface area (Å²) in [6, 6.07) is 17.2. The molecule has 0 saturated carbocycles. The van der Waals surface area contributed by atoms with Crippen molar-refractivity contribution >= 4 is 44.1 Å². The van der Waals surface area contributed by atoms with Crippen molar-refractivity contribution in [1.82, 2.24) is 4.98 Å². The molecule has 0 unspecified atom stereocenters. The van der Waals surface area contributed by atoms with Gasteiger partial charge in [0, 0.05) is 12.0 Å². The molecule has 1 N–H and O–H groups in total. The highest BCUT2D eigenvalue weighted by atomic mass is 32.1. The number of rotatable bonds is 7. The second-order valence-corrected chi connectivity index (χ2v) is 10.7. The Morgan fingerprint density at radius 1 is 1.02 bits per heavy atom. The van der Waals surface area contributed by atoms with E-state index < -0.39 is 17.7 Å². The number of hydrogen-bond acceptors (Lipinski definition) is 8. The van der Waals surface area contributed by atoms with Crippen molar-refractivity contribution < 1.29 is 28.9 Å². The van der Waals surface area contributed by atoms with E-state index in [0.717, 1.165) is 16.0 Å². The number of thiazole rings is 1. The van der Waals surface area contributed by atoms with E-state index in [0.29, 0.717) is 52.9 Å². The number of carbonyl (C=O) groups excluding carboxylic acids is 2. The van der Waals surface area contributed by atoms with Crippen LogP contribution in [0.5, 0.6) is 17.2 Å². The average molecular weight is 557 g/mol. The summed E-state index contributed by atoms with van der Waals surface area (Å²) in [4.78, 5) is 33.3. The molecule has 0 radical (unpaired) electrons. The Morgan fingerprint density at radius 3 is 2.50 bits per heavy atom. The Bertz CT molecular complexity index is 1660. The number of ketones is 1. The summed E-state index contributed by atoms with van der Waals surface area (Å²) in [6.07, 6.45) is 0.729. The van der Waals surface area contributed by atoms with Crippen LogP contribution in [0.15, 0.2) is 66.2 Å². The Kier molecular flexibility index (Phi) is 6.67. The van der Waals surface area contributed by atoms with Gasteiger partial charge in [-0.05, 0) is 80.4 Å². The fourth-order valence-corrected chi connectivity index (χ4v) is 6.26.